The third kappa shape index (κ3) is 4.65. The lowest BCUT2D eigenvalue weighted by atomic mass is 9.80. The predicted molar refractivity (Wildman–Crippen MR) is 132 cm³/mol. The number of thiazole rings is 1. The van der Waals surface area contributed by atoms with E-state index in [9.17, 15) is 13.9 Å². The van der Waals surface area contributed by atoms with Gasteiger partial charge in [0, 0.05) is 17.0 Å². The number of fused-ring (bicyclic) bond motifs is 1. The molecule has 9 heteroatoms. The summed E-state index contributed by atoms with van der Waals surface area (Å²) in [4.78, 5) is 9.18. The smallest absolute Gasteiger partial charge is 0.137 e. The van der Waals surface area contributed by atoms with E-state index >= 15 is 0 Å². The summed E-state index contributed by atoms with van der Waals surface area (Å²) in [5, 5.41) is 17.8. The number of benzene rings is 2. The monoisotopic (exact) mass is 491 g/mol. The van der Waals surface area contributed by atoms with Crippen LogP contribution in [0.15, 0.2) is 79.1 Å². The van der Waals surface area contributed by atoms with Crippen LogP contribution in [0.25, 0.3) is 22.2 Å². The van der Waals surface area contributed by atoms with Crippen molar-refractivity contribution in [1.29, 1.82) is 0 Å². The molecule has 5 rings (SSSR count). The first-order valence-electron chi connectivity index (χ1n) is 11.1. The van der Waals surface area contributed by atoms with Crippen molar-refractivity contribution >= 4 is 22.2 Å². The highest BCUT2D eigenvalue weighted by Gasteiger charge is 2.38. The van der Waals surface area contributed by atoms with Gasteiger partial charge in [-0.3, -0.25) is 4.40 Å². The first-order valence-corrected chi connectivity index (χ1v) is 12.0. The summed E-state index contributed by atoms with van der Waals surface area (Å²) >= 11 is 1.65. The van der Waals surface area contributed by atoms with Crippen LogP contribution in [-0.2, 0) is 12.1 Å². The van der Waals surface area contributed by atoms with Gasteiger partial charge in [0.2, 0.25) is 0 Å². The van der Waals surface area contributed by atoms with Gasteiger partial charge in [0.1, 0.15) is 41.0 Å². The zero-order valence-electron chi connectivity index (χ0n) is 18.9. The van der Waals surface area contributed by atoms with Crippen LogP contribution in [0, 0.1) is 17.6 Å². The van der Waals surface area contributed by atoms with Crippen LogP contribution in [0.4, 0.5) is 8.78 Å². The van der Waals surface area contributed by atoms with Gasteiger partial charge in [-0.25, -0.2) is 23.4 Å². The minimum Gasteiger partial charge on any atom is -0.383 e. The minimum atomic E-state index is -1.62. The summed E-state index contributed by atoms with van der Waals surface area (Å²) < 4.78 is 31.7. The van der Waals surface area contributed by atoms with Gasteiger partial charge in [0.25, 0.3) is 0 Å². The fourth-order valence-electron chi connectivity index (χ4n) is 4.21. The van der Waals surface area contributed by atoms with Crippen LogP contribution in [0.5, 0.6) is 0 Å². The highest BCUT2D eigenvalue weighted by Crippen LogP contribution is 2.36. The molecule has 0 saturated carbocycles. The molecule has 2 atom stereocenters. The molecule has 6 nitrogen and oxygen atoms in total. The third-order valence-corrected chi connectivity index (χ3v) is 7.13. The van der Waals surface area contributed by atoms with Gasteiger partial charge in [0.15, 0.2) is 0 Å². The van der Waals surface area contributed by atoms with E-state index < -0.39 is 23.2 Å². The van der Waals surface area contributed by atoms with Gasteiger partial charge in [-0.2, -0.15) is 5.10 Å². The maximum atomic E-state index is 14.7. The lowest BCUT2D eigenvalue weighted by molar-refractivity contribution is -0.0379. The minimum absolute atomic E-state index is 0.0113. The molecule has 35 heavy (non-hydrogen) atoms. The van der Waals surface area contributed by atoms with Gasteiger partial charge < -0.3 is 5.11 Å². The second-order valence-electron chi connectivity index (χ2n) is 8.53. The Morgan fingerprint density at radius 3 is 2.69 bits per heavy atom. The van der Waals surface area contributed by atoms with Gasteiger partial charge in [-0.15, -0.1) is 11.3 Å². The third-order valence-electron chi connectivity index (χ3n) is 6.24. The SMILES string of the molecule is C[C@@H](C/C=C/c1ccc(-c2csc3cncn23)cc1)[C@](O)(Cn1cncn1)c1ccc(F)cc1F. The highest BCUT2D eigenvalue weighted by molar-refractivity contribution is 7.15. The van der Waals surface area contributed by atoms with E-state index in [-0.39, 0.29) is 12.1 Å². The number of rotatable bonds is 8. The van der Waals surface area contributed by atoms with Crippen molar-refractivity contribution in [2.75, 3.05) is 0 Å². The summed E-state index contributed by atoms with van der Waals surface area (Å²) in [6.07, 6.45) is 10.8. The number of aliphatic hydroxyl groups is 1. The van der Waals surface area contributed by atoms with Crippen LogP contribution in [0.1, 0.15) is 24.5 Å². The lowest BCUT2D eigenvalue weighted by Crippen LogP contribution is -2.39. The summed E-state index contributed by atoms with van der Waals surface area (Å²) in [5.41, 5.74) is 1.60. The molecule has 5 aromatic rings. The second-order valence-corrected chi connectivity index (χ2v) is 9.42. The molecule has 0 unspecified atom stereocenters. The van der Waals surface area contributed by atoms with E-state index in [0.717, 1.165) is 33.8 Å². The van der Waals surface area contributed by atoms with E-state index in [0.29, 0.717) is 6.42 Å². The number of halogens is 2. The van der Waals surface area contributed by atoms with E-state index in [2.05, 4.69) is 37.0 Å². The number of allylic oxidation sites excluding steroid dienone is 1. The Bertz CT molecular complexity index is 1460. The Morgan fingerprint density at radius 2 is 1.94 bits per heavy atom. The average molecular weight is 492 g/mol. The summed E-state index contributed by atoms with van der Waals surface area (Å²) in [5.74, 6) is -1.89. The molecule has 0 aliphatic carbocycles. The highest BCUT2D eigenvalue weighted by atomic mass is 32.1. The van der Waals surface area contributed by atoms with Crippen molar-refractivity contribution in [1.82, 2.24) is 24.1 Å². The molecule has 3 heterocycles. The summed E-state index contributed by atoms with van der Waals surface area (Å²) in [6.45, 7) is 1.82. The fourth-order valence-corrected chi connectivity index (χ4v) is 5.07. The maximum Gasteiger partial charge on any atom is 0.137 e. The first kappa shape index (κ1) is 23.1. The molecular formula is C26H23F2N5OS. The second kappa shape index (κ2) is 9.52. The van der Waals surface area contributed by atoms with E-state index in [4.69, 9.17) is 0 Å². The largest absolute Gasteiger partial charge is 0.383 e. The number of nitrogens with zero attached hydrogens (tertiary/aromatic N) is 5. The van der Waals surface area contributed by atoms with Gasteiger partial charge in [0.05, 0.1) is 18.4 Å². The Kier molecular flexibility index (Phi) is 6.27. The average Bonchev–Trinajstić information content (AvgIpc) is 3.58. The van der Waals surface area contributed by atoms with Crippen molar-refractivity contribution in [2.45, 2.75) is 25.5 Å². The topological polar surface area (TPSA) is 68.2 Å². The molecule has 0 amide bonds. The Labute approximate surface area is 204 Å². The van der Waals surface area contributed by atoms with Crippen molar-refractivity contribution in [3.63, 3.8) is 0 Å². The van der Waals surface area contributed by atoms with Gasteiger partial charge in [-0.1, -0.05) is 49.4 Å². The lowest BCUT2D eigenvalue weighted by Gasteiger charge is -2.34. The molecule has 1 N–H and O–H groups in total. The molecular weight excluding hydrogens is 468 g/mol. The molecule has 0 saturated heterocycles. The van der Waals surface area contributed by atoms with Crippen molar-refractivity contribution in [3.05, 3.63) is 102 Å². The Hall–Kier alpha value is -3.69. The molecule has 0 radical (unpaired) electrons. The molecule has 0 aliphatic rings. The van der Waals surface area contributed by atoms with Crippen LogP contribution in [0.3, 0.4) is 0 Å². The normalized spacial score (nSPS) is 14.5. The summed E-state index contributed by atoms with van der Waals surface area (Å²) in [7, 11) is 0. The molecule has 178 valence electrons. The summed E-state index contributed by atoms with van der Waals surface area (Å²) in [6, 6.07) is 11.4. The Morgan fingerprint density at radius 1 is 1.11 bits per heavy atom. The standard InChI is InChI=1S/C26H23F2N5OS/c1-18(26(34,14-32-16-30-15-31-32)22-10-9-21(27)11-23(22)28)3-2-4-19-5-7-20(8-6-19)24-13-35-25-12-29-17-33(24)25/h2,4-13,15-18,34H,3,14H2,1H3/b4-2+/t18-,26+/m0/s1. The van der Waals surface area contributed by atoms with Crippen LogP contribution in [-0.4, -0.2) is 29.3 Å². The van der Waals surface area contributed by atoms with Gasteiger partial charge in [-0.05, 0) is 29.5 Å². The molecule has 2 aromatic carbocycles. The van der Waals surface area contributed by atoms with E-state index in [1.54, 1.807) is 17.7 Å². The van der Waals surface area contributed by atoms with Crippen molar-refractivity contribution in [3.8, 4) is 11.3 Å². The molecule has 0 spiro atoms. The van der Waals surface area contributed by atoms with Crippen molar-refractivity contribution in [2.24, 2.45) is 5.92 Å². The van der Waals surface area contributed by atoms with Crippen LogP contribution in [0.2, 0.25) is 0 Å². The Balaban J connectivity index is 1.34. The number of aromatic nitrogens is 5. The van der Waals surface area contributed by atoms with E-state index in [1.807, 2.05) is 37.4 Å². The molecule has 0 bridgehead atoms. The number of hydrogen-bond donors (Lipinski definition) is 1. The van der Waals surface area contributed by atoms with E-state index in [1.165, 1.54) is 23.4 Å². The van der Waals surface area contributed by atoms with Crippen LogP contribution < -0.4 is 0 Å². The molecule has 0 aliphatic heterocycles. The predicted octanol–water partition coefficient (Wildman–Crippen LogP) is 5.56. The molecule has 3 aromatic heterocycles. The van der Waals surface area contributed by atoms with Gasteiger partial charge >= 0.3 is 0 Å². The number of hydrogen-bond acceptors (Lipinski definition) is 5. The zero-order chi connectivity index (χ0) is 24.4. The quantitative estimate of drug-likeness (QED) is 0.309. The van der Waals surface area contributed by atoms with Crippen LogP contribution >= 0.6 is 11.3 Å². The maximum absolute atomic E-state index is 14.7. The first-order chi connectivity index (χ1) is 16.9. The zero-order valence-corrected chi connectivity index (χ0v) is 19.7. The fraction of sp³-hybridized carbons (Fsp3) is 0.192. The number of imidazole rings is 1. The molecule has 0 fully saturated rings. The van der Waals surface area contributed by atoms with Crippen molar-refractivity contribution < 1.29 is 13.9 Å².